The van der Waals surface area contributed by atoms with Crippen LogP contribution < -0.4 is 14.4 Å². The van der Waals surface area contributed by atoms with Gasteiger partial charge in [-0.15, -0.1) is 0 Å². The second-order valence-corrected chi connectivity index (χ2v) is 8.89. The smallest absolute Gasteiger partial charge is 0.246 e. The van der Waals surface area contributed by atoms with Crippen molar-refractivity contribution in [1.82, 2.24) is 15.5 Å². The molecule has 2 aromatic carbocycles. The minimum absolute atomic E-state index is 0.0361. The molecule has 3 aromatic rings. The van der Waals surface area contributed by atoms with E-state index in [-0.39, 0.29) is 12.4 Å². The first-order valence-electron chi connectivity index (χ1n) is 9.50. The predicted octanol–water partition coefficient (Wildman–Crippen LogP) is 2.52. The van der Waals surface area contributed by atoms with E-state index in [0.717, 1.165) is 16.1 Å². The zero-order valence-electron chi connectivity index (χ0n) is 17.7. The summed E-state index contributed by atoms with van der Waals surface area (Å²) in [6.45, 7) is 3.38. The molecule has 0 saturated heterocycles. The van der Waals surface area contributed by atoms with Gasteiger partial charge in [0.05, 0.1) is 25.6 Å². The second kappa shape index (κ2) is 9.17. The van der Waals surface area contributed by atoms with Gasteiger partial charge in [-0.05, 0) is 38.1 Å². The number of aromatic nitrogens is 2. The summed E-state index contributed by atoms with van der Waals surface area (Å²) in [6.07, 6.45) is 1.06. The normalized spacial score (nSPS) is 12.3. The molecule has 1 N–H and O–H groups in total. The molecule has 31 heavy (non-hydrogen) atoms. The summed E-state index contributed by atoms with van der Waals surface area (Å²) in [7, 11) is -2.12. The van der Waals surface area contributed by atoms with Crippen LogP contribution in [0.5, 0.6) is 5.75 Å². The molecule has 1 amide bonds. The SMILES string of the molecule is COc1cccc(-c2noc(CNC(=O)[C@H](C)N(c3ccc(C)cc3)S(C)(=O)=O)n2)c1. The molecule has 0 spiro atoms. The Morgan fingerprint density at radius 2 is 1.94 bits per heavy atom. The van der Waals surface area contributed by atoms with Crippen LogP contribution in [0.3, 0.4) is 0 Å². The van der Waals surface area contributed by atoms with Crippen molar-refractivity contribution < 1.29 is 22.5 Å². The molecule has 3 rings (SSSR count). The lowest BCUT2D eigenvalue weighted by molar-refractivity contribution is -0.122. The topological polar surface area (TPSA) is 115 Å². The van der Waals surface area contributed by atoms with E-state index in [9.17, 15) is 13.2 Å². The van der Waals surface area contributed by atoms with Crippen LogP contribution in [0.25, 0.3) is 11.4 Å². The maximum absolute atomic E-state index is 12.7. The third kappa shape index (κ3) is 5.40. The number of ether oxygens (including phenoxy) is 1. The van der Waals surface area contributed by atoms with E-state index >= 15 is 0 Å². The number of methoxy groups -OCH3 is 1. The van der Waals surface area contributed by atoms with Gasteiger partial charge < -0.3 is 14.6 Å². The Hall–Kier alpha value is -3.40. The molecule has 0 aliphatic carbocycles. The van der Waals surface area contributed by atoms with E-state index in [1.54, 1.807) is 49.6 Å². The molecular weight excluding hydrogens is 420 g/mol. The number of aryl methyl sites for hydroxylation is 1. The number of anilines is 1. The summed E-state index contributed by atoms with van der Waals surface area (Å²) in [5.41, 5.74) is 2.10. The molecule has 0 unspecified atom stereocenters. The summed E-state index contributed by atoms with van der Waals surface area (Å²) >= 11 is 0. The number of amides is 1. The molecule has 164 valence electrons. The highest BCUT2D eigenvalue weighted by Crippen LogP contribution is 2.22. The molecular formula is C21H24N4O5S. The zero-order chi connectivity index (χ0) is 22.6. The van der Waals surface area contributed by atoms with Crippen molar-refractivity contribution in [2.75, 3.05) is 17.7 Å². The van der Waals surface area contributed by atoms with Gasteiger partial charge in [0.25, 0.3) is 0 Å². The minimum atomic E-state index is -3.69. The Kier molecular flexibility index (Phi) is 6.59. The molecule has 1 atom stereocenters. The summed E-state index contributed by atoms with van der Waals surface area (Å²) in [4.78, 5) is 17.0. The highest BCUT2D eigenvalue weighted by atomic mass is 32.2. The standard InChI is InChI=1S/C21H24N4O5S/c1-14-8-10-17(11-9-14)25(31(4,27)28)15(2)21(26)22-13-19-23-20(24-30-19)16-6-5-7-18(12-16)29-3/h5-12,15H,13H2,1-4H3,(H,22,26)/t15-/m0/s1. The second-order valence-electron chi connectivity index (χ2n) is 7.03. The molecule has 0 radical (unpaired) electrons. The fourth-order valence-corrected chi connectivity index (χ4v) is 4.19. The van der Waals surface area contributed by atoms with Gasteiger partial charge >= 0.3 is 0 Å². The third-order valence-electron chi connectivity index (χ3n) is 4.59. The maximum atomic E-state index is 12.7. The molecule has 1 heterocycles. The van der Waals surface area contributed by atoms with E-state index in [1.807, 2.05) is 13.0 Å². The molecule has 9 nitrogen and oxygen atoms in total. The first-order chi connectivity index (χ1) is 14.7. The zero-order valence-corrected chi connectivity index (χ0v) is 18.5. The fourth-order valence-electron chi connectivity index (χ4n) is 3.02. The Balaban J connectivity index is 1.70. The lowest BCUT2D eigenvalue weighted by Gasteiger charge is -2.28. The summed E-state index contributed by atoms with van der Waals surface area (Å²) in [5, 5.41) is 6.57. The number of benzene rings is 2. The van der Waals surface area contributed by atoms with Gasteiger partial charge in [0, 0.05) is 5.56 Å². The summed E-state index contributed by atoms with van der Waals surface area (Å²) in [5.74, 6) is 0.711. The van der Waals surface area contributed by atoms with Crippen LogP contribution in [0.2, 0.25) is 0 Å². The highest BCUT2D eigenvalue weighted by molar-refractivity contribution is 7.92. The monoisotopic (exact) mass is 444 g/mol. The van der Waals surface area contributed by atoms with Gasteiger partial charge in [-0.3, -0.25) is 9.10 Å². The largest absolute Gasteiger partial charge is 0.497 e. The average molecular weight is 445 g/mol. The van der Waals surface area contributed by atoms with Gasteiger partial charge in [0.1, 0.15) is 11.8 Å². The number of rotatable bonds is 8. The number of hydrogen-bond donors (Lipinski definition) is 1. The third-order valence-corrected chi connectivity index (χ3v) is 5.83. The maximum Gasteiger partial charge on any atom is 0.246 e. The van der Waals surface area contributed by atoms with Gasteiger partial charge in [0.2, 0.25) is 27.6 Å². The van der Waals surface area contributed by atoms with Crippen molar-refractivity contribution in [1.29, 1.82) is 0 Å². The van der Waals surface area contributed by atoms with Crippen molar-refractivity contribution in [2.24, 2.45) is 0 Å². The van der Waals surface area contributed by atoms with E-state index in [0.29, 0.717) is 22.8 Å². The number of hydrogen-bond acceptors (Lipinski definition) is 7. The van der Waals surface area contributed by atoms with Crippen LogP contribution in [-0.4, -0.2) is 43.9 Å². The van der Waals surface area contributed by atoms with E-state index < -0.39 is 22.0 Å². The van der Waals surface area contributed by atoms with Gasteiger partial charge in [-0.2, -0.15) is 4.98 Å². The summed E-state index contributed by atoms with van der Waals surface area (Å²) in [6, 6.07) is 13.1. The van der Waals surface area contributed by atoms with Gasteiger partial charge in [0.15, 0.2) is 0 Å². The Bertz CT molecular complexity index is 1160. The van der Waals surface area contributed by atoms with Crippen LogP contribution in [0, 0.1) is 6.92 Å². The summed E-state index contributed by atoms with van der Waals surface area (Å²) < 4.78 is 36.2. The Labute approximate surface area is 181 Å². The first kappa shape index (κ1) is 22.3. The molecule has 10 heteroatoms. The molecule has 0 bridgehead atoms. The lowest BCUT2D eigenvalue weighted by Crippen LogP contribution is -2.47. The van der Waals surface area contributed by atoms with Crippen molar-refractivity contribution in [3.63, 3.8) is 0 Å². The lowest BCUT2D eigenvalue weighted by atomic mass is 10.2. The number of carbonyl (C=O) groups excluding carboxylic acids is 1. The number of sulfonamides is 1. The van der Waals surface area contributed by atoms with Crippen molar-refractivity contribution in [3.05, 3.63) is 60.0 Å². The molecule has 0 fully saturated rings. The molecule has 0 aliphatic rings. The first-order valence-corrected chi connectivity index (χ1v) is 11.3. The van der Waals surface area contributed by atoms with Gasteiger partial charge in [-0.25, -0.2) is 8.42 Å². The number of nitrogens with zero attached hydrogens (tertiary/aromatic N) is 3. The van der Waals surface area contributed by atoms with Crippen LogP contribution in [0.15, 0.2) is 53.1 Å². The molecule has 0 aliphatic heterocycles. The van der Waals surface area contributed by atoms with Crippen molar-refractivity contribution >= 4 is 21.6 Å². The van der Waals surface area contributed by atoms with Crippen LogP contribution in [-0.2, 0) is 21.4 Å². The molecule has 1 aromatic heterocycles. The number of nitrogens with one attached hydrogen (secondary N) is 1. The Morgan fingerprint density at radius 3 is 2.58 bits per heavy atom. The predicted molar refractivity (Wildman–Crippen MR) is 116 cm³/mol. The average Bonchev–Trinajstić information content (AvgIpc) is 3.21. The van der Waals surface area contributed by atoms with E-state index in [4.69, 9.17) is 9.26 Å². The van der Waals surface area contributed by atoms with Crippen LogP contribution in [0.1, 0.15) is 18.4 Å². The van der Waals surface area contributed by atoms with Crippen molar-refractivity contribution in [3.8, 4) is 17.1 Å². The molecule has 0 saturated carbocycles. The highest BCUT2D eigenvalue weighted by Gasteiger charge is 2.29. The Morgan fingerprint density at radius 1 is 1.23 bits per heavy atom. The fraction of sp³-hybridized carbons (Fsp3) is 0.286. The number of carbonyl (C=O) groups is 1. The van der Waals surface area contributed by atoms with E-state index in [2.05, 4.69) is 15.5 Å². The quantitative estimate of drug-likeness (QED) is 0.568. The van der Waals surface area contributed by atoms with Crippen LogP contribution >= 0.6 is 0 Å². The van der Waals surface area contributed by atoms with Crippen LogP contribution in [0.4, 0.5) is 5.69 Å². The van der Waals surface area contributed by atoms with Gasteiger partial charge in [-0.1, -0.05) is 35.0 Å². The van der Waals surface area contributed by atoms with Crippen molar-refractivity contribution in [2.45, 2.75) is 26.4 Å². The minimum Gasteiger partial charge on any atom is -0.497 e. The van der Waals surface area contributed by atoms with E-state index in [1.165, 1.54) is 6.92 Å².